The lowest BCUT2D eigenvalue weighted by Gasteiger charge is -2.13. The van der Waals surface area contributed by atoms with E-state index < -0.39 is 0 Å². The first-order valence-corrected chi connectivity index (χ1v) is 12.6. The van der Waals surface area contributed by atoms with Crippen LogP contribution in [0.2, 0.25) is 0 Å². The number of aryl methyl sites for hydroxylation is 1. The summed E-state index contributed by atoms with van der Waals surface area (Å²) in [6.07, 6.45) is 1.80. The SMILES string of the molecule is CCOc1ccc(N=C2NC(=O)/C(=C\c3cc(OC)c(OCc4cccc(C)c4)cc3Br)S2)cc1. The smallest absolute Gasteiger partial charge is 0.264 e. The molecule has 180 valence electrons. The highest BCUT2D eigenvalue weighted by Gasteiger charge is 2.24. The number of methoxy groups -OCH3 is 1. The normalized spacial score (nSPS) is 15.4. The second-order valence-corrected chi connectivity index (χ2v) is 9.60. The number of ether oxygens (including phenoxy) is 3. The molecule has 0 radical (unpaired) electrons. The van der Waals surface area contributed by atoms with Crippen LogP contribution in [0.5, 0.6) is 17.2 Å². The van der Waals surface area contributed by atoms with Gasteiger partial charge in [-0.3, -0.25) is 4.79 Å². The molecule has 1 amide bonds. The summed E-state index contributed by atoms with van der Waals surface area (Å²) in [5, 5.41) is 3.34. The van der Waals surface area contributed by atoms with Crippen LogP contribution in [0.3, 0.4) is 0 Å². The average Bonchev–Trinajstić information content (AvgIpc) is 3.19. The van der Waals surface area contributed by atoms with Crippen molar-refractivity contribution in [3.05, 3.63) is 86.7 Å². The van der Waals surface area contributed by atoms with Crippen LogP contribution in [0.1, 0.15) is 23.6 Å². The van der Waals surface area contributed by atoms with E-state index >= 15 is 0 Å². The van der Waals surface area contributed by atoms with E-state index in [1.807, 2.05) is 55.5 Å². The zero-order valence-corrected chi connectivity index (χ0v) is 22.0. The minimum Gasteiger partial charge on any atom is -0.494 e. The second-order valence-electron chi connectivity index (χ2n) is 7.71. The highest BCUT2D eigenvalue weighted by atomic mass is 79.9. The largest absolute Gasteiger partial charge is 0.494 e. The number of amidine groups is 1. The summed E-state index contributed by atoms with van der Waals surface area (Å²) in [5.74, 6) is 1.78. The van der Waals surface area contributed by atoms with Gasteiger partial charge in [0, 0.05) is 4.47 Å². The fraction of sp³-hybridized carbons (Fsp3) is 0.185. The third kappa shape index (κ3) is 6.46. The Morgan fingerprint density at radius 3 is 2.57 bits per heavy atom. The van der Waals surface area contributed by atoms with Crippen LogP contribution in [-0.4, -0.2) is 24.8 Å². The predicted octanol–water partition coefficient (Wildman–Crippen LogP) is 6.64. The number of nitrogens with zero attached hydrogens (tertiary/aromatic N) is 1. The van der Waals surface area contributed by atoms with Gasteiger partial charge in [0.15, 0.2) is 16.7 Å². The topological polar surface area (TPSA) is 69.2 Å². The van der Waals surface area contributed by atoms with Gasteiger partial charge in [-0.1, -0.05) is 45.8 Å². The van der Waals surface area contributed by atoms with Crippen molar-refractivity contribution in [3.63, 3.8) is 0 Å². The number of amides is 1. The van der Waals surface area contributed by atoms with E-state index in [2.05, 4.69) is 45.3 Å². The number of benzene rings is 3. The minimum absolute atomic E-state index is 0.203. The first kappa shape index (κ1) is 24.9. The lowest BCUT2D eigenvalue weighted by Crippen LogP contribution is -2.19. The van der Waals surface area contributed by atoms with Crippen molar-refractivity contribution in [1.82, 2.24) is 5.32 Å². The fourth-order valence-corrected chi connectivity index (χ4v) is 4.69. The molecule has 8 heteroatoms. The average molecular weight is 553 g/mol. The summed E-state index contributed by atoms with van der Waals surface area (Å²) in [4.78, 5) is 17.6. The maximum absolute atomic E-state index is 12.6. The van der Waals surface area contributed by atoms with E-state index in [9.17, 15) is 4.79 Å². The number of thioether (sulfide) groups is 1. The van der Waals surface area contributed by atoms with Crippen LogP contribution in [0.25, 0.3) is 6.08 Å². The number of nitrogens with one attached hydrogen (secondary N) is 1. The Bertz CT molecular complexity index is 1290. The van der Waals surface area contributed by atoms with Crippen LogP contribution in [0.15, 0.2) is 75.0 Å². The van der Waals surface area contributed by atoms with E-state index in [4.69, 9.17) is 14.2 Å². The van der Waals surface area contributed by atoms with Crippen molar-refractivity contribution in [2.75, 3.05) is 13.7 Å². The van der Waals surface area contributed by atoms with E-state index in [1.165, 1.54) is 17.3 Å². The Kier molecular flexibility index (Phi) is 8.15. The standard InChI is InChI=1S/C27H25BrN2O4S/c1-4-33-21-10-8-20(9-11-21)29-27-30-26(31)25(35-27)14-19-13-23(32-3)24(15-22(19)28)34-16-18-7-5-6-17(2)12-18/h5-15H,4,16H2,1-3H3,(H,29,30,31)/b25-14+. The maximum atomic E-state index is 12.6. The molecule has 1 aliphatic heterocycles. The lowest BCUT2D eigenvalue weighted by molar-refractivity contribution is -0.115. The predicted molar refractivity (Wildman–Crippen MR) is 145 cm³/mol. The number of rotatable bonds is 8. The lowest BCUT2D eigenvalue weighted by atomic mass is 10.1. The molecule has 0 atom stereocenters. The van der Waals surface area contributed by atoms with Crippen LogP contribution in [0.4, 0.5) is 5.69 Å². The summed E-state index contributed by atoms with van der Waals surface area (Å²) in [6, 6.07) is 19.3. The van der Waals surface area contributed by atoms with Gasteiger partial charge in [-0.05, 0) is 79.2 Å². The number of hydrogen-bond donors (Lipinski definition) is 1. The minimum atomic E-state index is -0.203. The van der Waals surface area contributed by atoms with Crippen LogP contribution in [-0.2, 0) is 11.4 Å². The van der Waals surface area contributed by atoms with Gasteiger partial charge in [0.25, 0.3) is 5.91 Å². The van der Waals surface area contributed by atoms with Crippen molar-refractivity contribution in [1.29, 1.82) is 0 Å². The molecular weight excluding hydrogens is 528 g/mol. The number of aliphatic imine (C=N–C) groups is 1. The molecule has 0 bridgehead atoms. The number of carbonyl (C=O) groups is 1. The Labute approximate surface area is 217 Å². The first-order chi connectivity index (χ1) is 16.9. The van der Waals surface area contributed by atoms with Gasteiger partial charge in [0.2, 0.25) is 0 Å². The van der Waals surface area contributed by atoms with Gasteiger partial charge < -0.3 is 19.5 Å². The van der Waals surface area contributed by atoms with Crippen molar-refractivity contribution in [2.45, 2.75) is 20.5 Å². The summed E-state index contributed by atoms with van der Waals surface area (Å²) in [7, 11) is 1.60. The molecule has 0 unspecified atom stereocenters. The molecule has 1 aliphatic rings. The number of halogens is 1. The molecule has 3 aromatic rings. The maximum Gasteiger partial charge on any atom is 0.264 e. The quantitative estimate of drug-likeness (QED) is 0.317. The Morgan fingerprint density at radius 2 is 1.86 bits per heavy atom. The molecule has 4 rings (SSSR count). The van der Waals surface area contributed by atoms with Crippen LogP contribution in [0, 0.1) is 6.92 Å². The molecule has 0 spiro atoms. The Balaban J connectivity index is 1.50. The second kappa shape index (κ2) is 11.5. The molecule has 0 aromatic heterocycles. The number of hydrogen-bond acceptors (Lipinski definition) is 6. The summed E-state index contributed by atoms with van der Waals surface area (Å²) in [5.41, 5.74) is 3.78. The Hall–Kier alpha value is -3.23. The zero-order valence-electron chi connectivity index (χ0n) is 19.6. The van der Waals surface area contributed by atoms with Crippen molar-refractivity contribution < 1.29 is 19.0 Å². The molecule has 1 N–H and O–H groups in total. The van der Waals surface area contributed by atoms with E-state index in [0.29, 0.717) is 34.8 Å². The van der Waals surface area contributed by atoms with E-state index in [0.717, 1.165) is 27.0 Å². The highest BCUT2D eigenvalue weighted by molar-refractivity contribution is 9.10. The highest BCUT2D eigenvalue weighted by Crippen LogP contribution is 2.37. The molecule has 1 saturated heterocycles. The molecule has 1 fully saturated rings. The monoisotopic (exact) mass is 552 g/mol. The van der Waals surface area contributed by atoms with Crippen molar-refractivity contribution >= 4 is 50.5 Å². The van der Waals surface area contributed by atoms with Gasteiger partial charge in [0.05, 0.1) is 24.3 Å². The first-order valence-electron chi connectivity index (χ1n) is 11.0. The summed E-state index contributed by atoms with van der Waals surface area (Å²) >= 11 is 4.89. The van der Waals surface area contributed by atoms with Gasteiger partial charge in [-0.25, -0.2) is 4.99 Å². The van der Waals surface area contributed by atoms with Crippen LogP contribution < -0.4 is 19.5 Å². The molecule has 1 heterocycles. The van der Waals surface area contributed by atoms with Crippen LogP contribution >= 0.6 is 27.7 Å². The van der Waals surface area contributed by atoms with E-state index in [1.54, 1.807) is 13.2 Å². The molecule has 35 heavy (non-hydrogen) atoms. The summed E-state index contributed by atoms with van der Waals surface area (Å²) in [6.45, 7) is 5.02. The van der Waals surface area contributed by atoms with Crippen molar-refractivity contribution in [3.8, 4) is 17.2 Å². The molecule has 6 nitrogen and oxygen atoms in total. The van der Waals surface area contributed by atoms with Gasteiger partial charge >= 0.3 is 0 Å². The summed E-state index contributed by atoms with van der Waals surface area (Å²) < 4.78 is 17.8. The van der Waals surface area contributed by atoms with E-state index in [-0.39, 0.29) is 5.91 Å². The molecule has 3 aromatic carbocycles. The fourth-order valence-electron chi connectivity index (χ4n) is 3.42. The van der Waals surface area contributed by atoms with Gasteiger partial charge in [0.1, 0.15) is 12.4 Å². The third-order valence-electron chi connectivity index (χ3n) is 5.08. The third-order valence-corrected chi connectivity index (χ3v) is 6.67. The Morgan fingerprint density at radius 1 is 1.06 bits per heavy atom. The molecule has 0 saturated carbocycles. The zero-order chi connectivity index (χ0) is 24.8. The van der Waals surface area contributed by atoms with Crippen molar-refractivity contribution in [2.24, 2.45) is 4.99 Å². The molecule has 0 aliphatic carbocycles. The number of carbonyl (C=O) groups excluding carboxylic acids is 1. The van der Waals surface area contributed by atoms with Gasteiger partial charge in [-0.2, -0.15) is 0 Å². The van der Waals surface area contributed by atoms with Gasteiger partial charge in [-0.15, -0.1) is 0 Å². The molecular formula is C27H25BrN2O4S.